The molecule has 0 saturated heterocycles. The highest BCUT2D eigenvalue weighted by Gasteiger charge is 2.29. The molecule has 0 fully saturated rings. The van der Waals surface area contributed by atoms with Crippen molar-refractivity contribution in [2.75, 3.05) is 6.54 Å². The second-order valence-corrected chi connectivity index (χ2v) is 2.86. The zero-order valence-corrected chi connectivity index (χ0v) is 8.21. The van der Waals surface area contributed by atoms with Crippen LogP contribution in [0.4, 0.5) is 8.78 Å². The first-order valence-electron chi connectivity index (χ1n) is 3.40. The van der Waals surface area contributed by atoms with E-state index in [4.69, 9.17) is 17.3 Å². The predicted molar refractivity (Wildman–Crippen MR) is 51.6 cm³/mol. The highest BCUT2D eigenvalue weighted by atomic mass is 35.5. The molecule has 0 heterocycles. The van der Waals surface area contributed by atoms with Crippen molar-refractivity contribution in [2.24, 2.45) is 5.73 Å². The van der Waals surface area contributed by atoms with Gasteiger partial charge in [-0.2, -0.15) is 8.78 Å². The van der Waals surface area contributed by atoms with Crippen LogP contribution in [0, 0.1) is 0 Å². The first kappa shape index (κ1) is 12.6. The van der Waals surface area contributed by atoms with Crippen LogP contribution in [0.15, 0.2) is 24.3 Å². The lowest BCUT2D eigenvalue weighted by Gasteiger charge is -2.13. The minimum absolute atomic E-state index is 0. The summed E-state index contributed by atoms with van der Waals surface area (Å²) in [7, 11) is 0. The van der Waals surface area contributed by atoms with Gasteiger partial charge in [0.25, 0.3) is 5.92 Å². The second-order valence-electron chi connectivity index (χ2n) is 2.42. The fourth-order valence-corrected chi connectivity index (χ4v) is 1.02. The molecule has 0 atom stereocenters. The molecule has 0 aliphatic carbocycles. The lowest BCUT2D eigenvalue weighted by Crippen LogP contribution is -2.24. The van der Waals surface area contributed by atoms with Gasteiger partial charge >= 0.3 is 0 Å². The van der Waals surface area contributed by atoms with E-state index in [-0.39, 0.29) is 18.0 Å². The number of hydrogen-bond donors (Lipinski definition) is 1. The van der Waals surface area contributed by atoms with Gasteiger partial charge in [0, 0.05) is 10.6 Å². The van der Waals surface area contributed by atoms with E-state index in [0.717, 1.165) is 0 Å². The van der Waals surface area contributed by atoms with Crippen molar-refractivity contribution in [3.63, 3.8) is 0 Å². The number of benzene rings is 1. The van der Waals surface area contributed by atoms with Crippen LogP contribution in [-0.2, 0) is 5.92 Å². The molecule has 1 aromatic rings. The minimum Gasteiger partial charge on any atom is -0.325 e. The first-order valence-corrected chi connectivity index (χ1v) is 3.78. The Morgan fingerprint density at radius 2 is 2.00 bits per heavy atom. The Labute approximate surface area is 86.3 Å². The largest absolute Gasteiger partial charge is 0.325 e. The van der Waals surface area contributed by atoms with Crippen molar-refractivity contribution in [3.05, 3.63) is 34.9 Å². The Kier molecular flexibility index (Phi) is 4.61. The molecule has 0 spiro atoms. The van der Waals surface area contributed by atoms with Crippen LogP contribution in [0.25, 0.3) is 0 Å². The molecule has 1 aromatic carbocycles. The highest BCUT2D eigenvalue weighted by Crippen LogP contribution is 2.27. The van der Waals surface area contributed by atoms with Gasteiger partial charge in [0.05, 0.1) is 6.54 Å². The van der Waals surface area contributed by atoms with Gasteiger partial charge in [-0.15, -0.1) is 12.4 Å². The summed E-state index contributed by atoms with van der Waals surface area (Å²) < 4.78 is 25.8. The Morgan fingerprint density at radius 1 is 1.38 bits per heavy atom. The molecule has 0 radical (unpaired) electrons. The standard InChI is InChI=1S/C8H8ClF2N.ClH/c9-7-3-1-2-6(4-7)8(10,11)5-12;/h1-4H,5,12H2;1H. The van der Waals surface area contributed by atoms with Crippen LogP contribution in [0.1, 0.15) is 5.56 Å². The smallest absolute Gasteiger partial charge is 0.285 e. The summed E-state index contributed by atoms with van der Waals surface area (Å²) in [4.78, 5) is 0. The molecule has 0 aliphatic heterocycles. The summed E-state index contributed by atoms with van der Waals surface area (Å²) in [5.74, 6) is -2.98. The van der Waals surface area contributed by atoms with Crippen LogP contribution in [-0.4, -0.2) is 6.54 Å². The quantitative estimate of drug-likeness (QED) is 0.827. The molecule has 0 unspecified atom stereocenters. The third kappa shape index (κ3) is 3.10. The number of hydrogen-bond acceptors (Lipinski definition) is 1. The summed E-state index contributed by atoms with van der Waals surface area (Å²) >= 11 is 5.53. The van der Waals surface area contributed by atoms with E-state index >= 15 is 0 Å². The molecule has 1 rings (SSSR count). The molecule has 1 nitrogen and oxygen atoms in total. The lowest BCUT2D eigenvalue weighted by atomic mass is 10.1. The van der Waals surface area contributed by atoms with Gasteiger partial charge in [0.15, 0.2) is 0 Å². The van der Waals surface area contributed by atoms with Gasteiger partial charge in [0.1, 0.15) is 0 Å². The summed E-state index contributed by atoms with van der Waals surface area (Å²) in [6, 6.07) is 5.53. The molecule has 0 aromatic heterocycles. The van der Waals surface area contributed by atoms with E-state index in [0.29, 0.717) is 5.02 Å². The molecular weight excluding hydrogens is 219 g/mol. The van der Waals surface area contributed by atoms with Crippen molar-refractivity contribution >= 4 is 24.0 Å². The molecule has 74 valence electrons. The fraction of sp³-hybridized carbons (Fsp3) is 0.250. The third-order valence-corrected chi connectivity index (χ3v) is 1.74. The number of nitrogens with two attached hydrogens (primary N) is 1. The van der Waals surface area contributed by atoms with E-state index in [1.165, 1.54) is 24.3 Å². The summed E-state index contributed by atoms with van der Waals surface area (Å²) in [6.45, 7) is -0.701. The molecule has 13 heavy (non-hydrogen) atoms. The Balaban J connectivity index is 0.00000144. The average Bonchev–Trinajstić information content (AvgIpc) is 2.05. The molecule has 0 aliphatic rings. The van der Waals surface area contributed by atoms with E-state index in [1.54, 1.807) is 0 Å². The number of halogens is 4. The van der Waals surface area contributed by atoms with Crippen molar-refractivity contribution in [2.45, 2.75) is 5.92 Å². The molecule has 0 amide bonds. The lowest BCUT2D eigenvalue weighted by molar-refractivity contribution is 0.00596. The second kappa shape index (κ2) is 4.74. The van der Waals surface area contributed by atoms with E-state index < -0.39 is 12.5 Å². The van der Waals surface area contributed by atoms with Crippen LogP contribution >= 0.6 is 24.0 Å². The van der Waals surface area contributed by atoms with Crippen LogP contribution in [0.5, 0.6) is 0 Å². The molecule has 5 heteroatoms. The average molecular weight is 228 g/mol. The van der Waals surface area contributed by atoms with Gasteiger partial charge in [-0.05, 0) is 12.1 Å². The topological polar surface area (TPSA) is 26.0 Å². The maximum atomic E-state index is 12.9. The maximum absolute atomic E-state index is 12.9. The minimum atomic E-state index is -2.98. The Morgan fingerprint density at radius 3 is 2.46 bits per heavy atom. The predicted octanol–water partition coefficient (Wildman–Crippen LogP) is 2.81. The summed E-state index contributed by atoms with van der Waals surface area (Å²) in [6.07, 6.45) is 0. The van der Waals surface area contributed by atoms with Crippen molar-refractivity contribution in [1.29, 1.82) is 0 Å². The Bertz CT molecular complexity index is 279. The Hall–Kier alpha value is -0.380. The maximum Gasteiger partial charge on any atom is 0.285 e. The van der Waals surface area contributed by atoms with E-state index in [2.05, 4.69) is 0 Å². The first-order chi connectivity index (χ1) is 5.56. The monoisotopic (exact) mass is 227 g/mol. The van der Waals surface area contributed by atoms with E-state index in [9.17, 15) is 8.78 Å². The van der Waals surface area contributed by atoms with Gasteiger partial charge in [-0.3, -0.25) is 0 Å². The molecular formula is C8H9Cl2F2N. The summed E-state index contributed by atoms with van der Waals surface area (Å²) in [5.41, 5.74) is 4.75. The third-order valence-electron chi connectivity index (χ3n) is 1.50. The van der Waals surface area contributed by atoms with Crippen molar-refractivity contribution in [1.82, 2.24) is 0 Å². The van der Waals surface area contributed by atoms with Crippen LogP contribution in [0.2, 0.25) is 5.02 Å². The van der Waals surface area contributed by atoms with Crippen molar-refractivity contribution < 1.29 is 8.78 Å². The van der Waals surface area contributed by atoms with Gasteiger partial charge < -0.3 is 5.73 Å². The van der Waals surface area contributed by atoms with Gasteiger partial charge in [0.2, 0.25) is 0 Å². The zero-order valence-electron chi connectivity index (χ0n) is 6.64. The number of alkyl halides is 2. The highest BCUT2D eigenvalue weighted by molar-refractivity contribution is 6.30. The van der Waals surface area contributed by atoms with Crippen LogP contribution < -0.4 is 5.73 Å². The molecule has 2 N–H and O–H groups in total. The number of rotatable bonds is 2. The van der Waals surface area contributed by atoms with Crippen LogP contribution in [0.3, 0.4) is 0 Å². The van der Waals surface area contributed by atoms with E-state index in [1.807, 2.05) is 0 Å². The van der Waals surface area contributed by atoms with Crippen molar-refractivity contribution in [3.8, 4) is 0 Å². The normalized spacial score (nSPS) is 10.8. The SMILES string of the molecule is Cl.NCC(F)(F)c1cccc(Cl)c1. The molecule has 0 saturated carbocycles. The fourth-order valence-electron chi connectivity index (χ4n) is 0.834. The molecule has 0 bridgehead atoms. The van der Waals surface area contributed by atoms with Gasteiger partial charge in [-0.25, -0.2) is 0 Å². The summed E-state index contributed by atoms with van der Waals surface area (Å²) in [5, 5.41) is 0.292. The zero-order chi connectivity index (χ0) is 9.19. The van der Waals surface area contributed by atoms with Gasteiger partial charge in [-0.1, -0.05) is 23.7 Å².